The summed E-state index contributed by atoms with van der Waals surface area (Å²) in [4.78, 5) is 19.1. The van der Waals surface area contributed by atoms with Crippen LogP contribution in [0.2, 0.25) is 0 Å². The minimum Gasteiger partial charge on any atom is -0.307 e. The van der Waals surface area contributed by atoms with Crippen molar-refractivity contribution in [2.45, 2.75) is 0 Å². The van der Waals surface area contributed by atoms with Crippen LogP contribution in [0, 0.1) is 11.3 Å². The zero-order chi connectivity index (χ0) is 35.0. The van der Waals surface area contributed by atoms with Crippen molar-refractivity contribution >= 4 is 65.4 Å². The number of fused-ring (bicyclic) bond motifs is 9. The van der Waals surface area contributed by atoms with Crippen molar-refractivity contribution in [3.8, 4) is 34.4 Å². The third-order valence-electron chi connectivity index (χ3n) is 10.4. The zero-order valence-corrected chi connectivity index (χ0v) is 28.1. The van der Waals surface area contributed by atoms with Gasteiger partial charge < -0.3 is 9.13 Å². The van der Waals surface area contributed by atoms with Crippen molar-refractivity contribution in [3.63, 3.8) is 0 Å². The lowest BCUT2D eigenvalue weighted by Crippen LogP contribution is -2.11. The number of nitriles is 1. The largest absolute Gasteiger partial charge is 0.307 e. The highest BCUT2D eigenvalue weighted by Gasteiger charge is 2.28. The van der Waals surface area contributed by atoms with Crippen LogP contribution < -0.4 is 0 Å². The molecule has 8 nitrogen and oxygen atoms in total. The summed E-state index contributed by atoms with van der Waals surface area (Å²) in [6, 6.07) is 41.7. The van der Waals surface area contributed by atoms with E-state index in [-0.39, 0.29) is 0 Å². The highest BCUT2D eigenvalue weighted by molar-refractivity contribution is 6.13. The van der Waals surface area contributed by atoms with Crippen LogP contribution in [0.25, 0.3) is 93.7 Å². The molecule has 0 aliphatic rings. The number of pyridine rings is 4. The van der Waals surface area contributed by atoms with Gasteiger partial charge in [0.15, 0.2) is 5.82 Å². The summed E-state index contributed by atoms with van der Waals surface area (Å²) in [7, 11) is 0. The van der Waals surface area contributed by atoms with Crippen LogP contribution in [0.5, 0.6) is 0 Å². The van der Waals surface area contributed by atoms with Crippen LogP contribution in [0.3, 0.4) is 0 Å². The molecule has 7 heterocycles. The Morgan fingerprint density at radius 1 is 0.453 bits per heavy atom. The average Bonchev–Trinajstić information content (AvgIpc) is 3.86. The van der Waals surface area contributed by atoms with Crippen molar-refractivity contribution in [2.24, 2.45) is 0 Å². The van der Waals surface area contributed by atoms with E-state index in [9.17, 15) is 5.26 Å². The maximum absolute atomic E-state index is 10.2. The molecule has 246 valence electrons. The Balaban J connectivity index is 1.42. The number of para-hydroxylation sites is 3. The van der Waals surface area contributed by atoms with Crippen LogP contribution in [-0.4, -0.2) is 33.6 Å². The number of nitrogens with zero attached hydrogens (tertiary/aromatic N) is 8. The van der Waals surface area contributed by atoms with Gasteiger partial charge in [0, 0.05) is 75.1 Å². The smallest absolute Gasteiger partial charge is 0.162 e. The third kappa shape index (κ3) is 4.10. The SMILES string of the molecule is N#Cc1cccc(-c2c(-n3c4ccccc4c4cnccc43)cnc(-n3c4ccccc4c4cnccc43)c2-n2c3ccccc3c3cnccc32)c1. The molecule has 0 fully saturated rings. The van der Waals surface area contributed by atoms with Gasteiger partial charge in [-0.15, -0.1) is 0 Å². The van der Waals surface area contributed by atoms with Gasteiger partial charge in [0.25, 0.3) is 0 Å². The second kappa shape index (κ2) is 11.2. The van der Waals surface area contributed by atoms with Crippen LogP contribution in [-0.2, 0) is 0 Å². The molecule has 0 N–H and O–H groups in total. The van der Waals surface area contributed by atoms with Gasteiger partial charge in [0.1, 0.15) is 0 Å². The number of aromatic nitrogens is 7. The first kappa shape index (κ1) is 29.1. The highest BCUT2D eigenvalue weighted by atomic mass is 15.1. The molecule has 0 radical (unpaired) electrons. The summed E-state index contributed by atoms with van der Waals surface area (Å²) < 4.78 is 6.86. The van der Waals surface area contributed by atoms with Crippen molar-refractivity contribution in [1.29, 1.82) is 5.26 Å². The monoisotopic (exact) mass is 678 g/mol. The van der Waals surface area contributed by atoms with E-state index in [0.717, 1.165) is 93.7 Å². The van der Waals surface area contributed by atoms with E-state index in [1.807, 2.05) is 61.6 Å². The van der Waals surface area contributed by atoms with Crippen molar-refractivity contribution in [1.82, 2.24) is 33.6 Å². The predicted octanol–water partition coefficient (Wildman–Crippen LogP) is 10.1. The quantitative estimate of drug-likeness (QED) is 0.185. The minimum atomic E-state index is 0.568. The Bertz CT molecular complexity index is 3160. The first-order valence-corrected chi connectivity index (χ1v) is 17.3. The first-order valence-electron chi connectivity index (χ1n) is 17.3. The number of benzene rings is 4. The maximum Gasteiger partial charge on any atom is 0.162 e. The van der Waals surface area contributed by atoms with Crippen LogP contribution in [0.1, 0.15) is 5.56 Å². The van der Waals surface area contributed by atoms with E-state index < -0.39 is 0 Å². The van der Waals surface area contributed by atoms with Gasteiger partial charge in [-0.25, -0.2) is 4.98 Å². The normalized spacial score (nSPS) is 11.8. The lowest BCUT2D eigenvalue weighted by molar-refractivity contribution is 1.01. The topological polar surface area (TPSA) is 90.1 Å². The predicted molar refractivity (Wildman–Crippen MR) is 211 cm³/mol. The Labute approximate surface area is 302 Å². The molecule has 0 saturated heterocycles. The lowest BCUT2D eigenvalue weighted by Gasteiger charge is -2.23. The fraction of sp³-hybridized carbons (Fsp3) is 0. The highest BCUT2D eigenvalue weighted by Crippen LogP contribution is 2.45. The summed E-state index contributed by atoms with van der Waals surface area (Å²) in [5.41, 5.74) is 10.2. The Morgan fingerprint density at radius 3 is 1.53 bits per heavy atom. The van der Waals surface area contributed by atoms with Gasteiger partial charge in [-0.1, -0.05) is 66.7 Å². The molecule has 0 aliphatic heterocycles. The maximum atomic E-state index is 10.2. The summed E-state index contributed by atoms with van der Waals surface area (Å²) >= 11 is 0. The van der Waals surface area contributed by atoms with E-state index in [2.05, 4.69) is 132 Å². The molecule has 0 atom stereocenters. The molecular weight excluding hydrogens is 653 g/mol. The molecule has 11 rings (SSSR count). The molecule has 7 aromatic heterocycles. The van der Waals surface area contributed by atoms with E-state index in [0.29, 0.717) is 5.56 Å². The Morgan fingerprint density at radius 2 is 0.943 bits per heavy atom. The summed E-state index contributed by atoms with van der Waals surface area (Å²) in [5.74, 6) is 0.741. The Hall–Kier alpha value is -7.63. The molecule has 0 unspecified atom stereocenters. The van der Waals surface area contributed by atoms with Crippen molar-refractivity contribution < 1.29 is 0 Å². The number of rotatable bonds is 4. The molecule has 4 aromatic carbocycles. The van der Waals surface area contributed by atoms with Crippen LogP contribution in [0.4, 0.5) is 0 Å². The minimum absolute atomic E-state index is 0.568. The van der Waals surface area contributed by atoms with E-state index >= 15 is 0 Å². The third-order valence-corrected chi connectivity index (χ3v) is 10.4. The fourth-order valence-corrected chi connectivity index (χ4v) is 8.23. The van der Waals surface area contributed by atoms with Gasteiger partial charge >= 0.3 is 0 Å². The van der Waals surface area contributed by atoms with E-state index in [4.69, 9.17) is 4.98 Å². The van der Waals surface area contributed by atoms with Gasteiger partial charge in [0.2, 0.25) is 0 Å². The van der Waals surface area contributed by atoms with Crippen LogP contribution in [0.15, 0.2) is 159 Å². The molecular formula is C45H26N8. The second-order valence-corrected chi connectivity index (χ2v) is 13.1. The molecule has 8 heteroatoms. The zero-order valence-electron chi connectivity index (χ0n) is 28.1. The van der Waals surface area contributed by atoms with E-state index in [1.165, 1.54) is 0 Å². The molecule has 0 aliphatic carbocycles. The summed E-state index contributed by atoms with van der Waals surface area (Å²) in [5, 5.41) is 16.6. The number of hydrogen-bond acceptors (Lipinski definition) is 5. The van der Waals surface area contributed by atoms with Crippen LogP contribution >= 0.6 is 0 Å². The molecule has 53 heavy (non-hydrogen) atoms. The van der Waals surface area contributed by atoms with Gasteiger partial charge in [-0.05, 0) is 54.1 Å². The molecule has 0 spiro atoms. The Kier molecular flexibility index (Phi) is 6.15. The van der Waals surface area contributed by atoms with Crippen molar-refractivity contribution in [3.05, 3.63) is 164 Å². The number of hydrogen-bond donors (Lipinski definition) is 0. The van der Waals surface area contributed by atoms with E-state index in [1.54, 1.807) is 0 Å². The van der Waals surface area contributed by atoms with Crippen molar-refractivity contribution in [2.75, 3.05) is 0 Å². The standard InChI is InChI=1S/C45H26N8/c46-23-28-8-7-9-29(22-28)43-42(51-36-13-4-1-10-30(36)33-24-47-19-16-39(33)51)27-50-45(53-38-15-6-3-12-32(38)35-26-49-21-18-41(35)53)44(43)52-37-14-5-2-11-31(37)34-25-48-20-17-40(34)52/h1-22,24-27H. The molecule has 0 amide bonds. The molecule has 0 saturated carbocycles. The average molecular weight is 679 g/mol. The first-order chi connectivity index (χ1) is 26.3. The van der Waals surface area contributed by atoms with Gasteiger partial charge in [0.05, 0.1) is 62.3 Å². The molecule has 11 aromatic rings. The summed E-state index contributed by atoms with van der Waals surface area (Å²) in [6.45, 7) is 0. The lowest BCUT2D eigenvalue weighted by atomic mass is 9.99. The molecule has 0 bridgehead atoms. The second-order valence-electron chi connectivity index (χ2n) is 13.1. The van der Waals surface area contributed by atoms with Gasteiger partial charge in [-0.3, -0.25) is 19.5 Å². The van der Waals surface area contributed by atoms with Gasteiger partial charge in [-0.2, -0.15) is 5.26 Å². The fourth-order valence-electron chi connectivity index (χ4n) is 8.23. The summed E-state index contributed by atoms with van der Waals surface area (Å²) in [6.07, 6.45) is 13.3.